The first kappa shape index (κ1) is 18.7. The van der Waals surface area contributed by atoms with E-state index < -0.39 is 0 Å². The molecule has 0 aliphatic rings. The normalized spacial score (nSPS) is 10.6. The van der Waals surface area contributed by atoms with Crippen molar-refractivity contribution in [2.75, 3.05) is 51.5 Å². The number of likely N-dealkylation sites (N-methyl/N-ethyl adjacent to an activating group) is 1. The van der Waals surface area contributed by atoms with Gasteiger partial charge in [0, 0.05) is 44.3 Å². The number of nitrogens with zero attached hydrogens (tertiary/aromatic N) is 4. The van der Waals surface area contributed by atoms with Crippen LogP contribution in [0.3, 0.4) is 0 Å². The van der Waals surface area contributed by atoms with Crippen molar-refractivity contribution in [2.24, 2.45) is 0 Å². The largest absolute Gasteiger partial charge is 0.378 e. The number of hydrogen-bond donors (Lipinski definition) is 2. The van der Waals surface area contributed by atoms with Crippen LogP contribution in [-0.2, 0) is 0 Å². The molecular weight excluding hydrogens is 316 g/mol. The van der Waals surface area contributed by atoms with E-state index in [2.05, 4.69) is 20.6 Å². The van der Waals surface area contributed by atoms with Crippen LogP contribution < -0.4 is 15.5 Å². The minimum Gasteiger partial charge on any atom is -0.378 e. The van der Waals surface area contributed by atoms with Gasteiger partial charge in [-0.25, -0.2) is 9.97 Å². The van der Waals surface area contributed by atoms with E-state index in [1.165, 1.54) is 0 Å². The number of anilines is 3. The number of carbonyl (C=O) groups is 1. The van der Waals surface area contributed by atoms with E-state index >= 15 is 0 Å². The van der Waals surface area contributed by atoms with Crippen molar-refractivity contribution >= 4 is 23.2 Å². The highest BCUT2D eigenvalue weighted by atomic mass is 16.1. The molecular formula is C18H26N6O. The van der Waals surface area contributed by atoms with Gasteiger partial charge in [0.1, 0.15) is 5.69 Å². The average molecular weight is 342 g/mol. The van der Waals surface area contributed by atoms with E-state index in [0.29, 0.717) is 18.2 Å². The Morgan fingerprint density at radius 3 is 2.36 bits per heavy atom. The molecule has 1 amide bonds. The third-order valence-electron chi connectivity index (χ3n) is 3.57. The van der Waals surface area contributed by atoms with Crippen molar-refractivity contribution < 1.29 is 4.79 Å². The molecule has 0 spiro atoms. The van der Waals surface area contributed by atoms with Crippen LogP contribution in [0.25, 0.3) is 0 Å². The van der Waals surface area contributed by atoms with E-state index in [0.717, 1.165) is 23.6 Å². The highest BCUT2D eigenvalue weighted by Gasteiger charge is 2.10. The molecule has 2 rings (SSSR count). The van der Waals surface area contributed by atoms with Crippen molar-refractivity contribution in [3.05, 3.63) is 41.7 Å². The first-order valence-corrected chi connectivity index (χ1v) is 8.18. The molecule has 0 aliphatic heterocycles. The number of amides is 1. The molecule has 134 valence electrons. The smallest absolute Gasteiger partial charge is 0.270 e. The number of carbonyl (C=O) groups excluding carboxylic acids is 1. The summed E-state index contributed by atoms with van der Waals surface area (Å²) in [5.74, 6) is 0.216. The van der Waals surface area contributed by atoms with Crippen LogP contribution >= 0.6 is 0 Å². The van der Waals surface area contributed by atoms with Gasteiger partial charge in [-0.2, -0.15) is 0 Å². The van der Waals surface area contributed by atoms with Crippen molar-refractivity contribution in [2.45, 2.75) is 6.92 Å². The van der Waals surface area contributed by atoms with Crippen molar-refractivity contribution in [1.29, 1.82) is 0 Å². The predicted molar refractivity (Wildman–Crippen MR) is 102 cm³/mol. The lowest BCUT2D eigenvalue weighted by Crippen LogP contribution is -2.32. The SMILES string of the molecule is Cc1cc(C(=O)NCCN(C)C)nc(Nc2ccc(N(C)C)cc2)n1. The molecule has 7 heteroatoms. The van der Waals surface area contributed by atoms with Gasteiger partial charge in [0.2, 0.25) is 5.95 Å². The molecule has 1 aromatic carbocycles. The van der Waals surface area contributed by atoms with Gasteiger partial charge in [-0.05, 0) is 51.4 Å². The zero-order valence-electron chi connectivity index (χ0n) is 15.5. The zero-order chi connectivity index (χ0) is 18.4. The fourth-order valence-corrected chi connectivity index (χ4v) is 2.20. The average Bonchev–Trinajstić information content (AvgIpc) is 2.54. The first-order chi connectivity index (χ1) is 11.8. The van der Waals surface area contributed by atoms with Gasteiger partial charge in [0.15, 0.2) is 0 Å². The van der Waals surface area contributed by atoms with Gasteiger partial charge in [-0.15, -0.1) is 0 Å². The Kier molecular flexibility index (Phi) is 6.30. The fourth-order valence-electron chi connectivity index (χ4n) is 2.20. The molecule has 0 saturated heterocycles. The summed E-state index contributed by atoms with van der Waals surface area (Å²) in [4.78, 5) is 25.0. The Hall–Kier alpha value is -2.67. The summed E-state index contributed by atoms with van der Waals surface area (Å²) in [6, 6.07) is 9.61. The van der Waals surface area contributed by atoms with Crippen molar-refractivity contribution in [3.8, 4) is 0 Å². The van der Waals surface area contributed by atoms with E-state index in [4.69, 9.17) is 0 Å². The molecule has 1 heterocycles. The molecule has 1 aromatic heterocycles. The summed E-state index contributed by atoms with van der Waals surface area (Å²) in [6.45, 7) is 3.20. The van der Waals surface area contributed by atoms with Gasteiger partial charge in [0.25, 0.3) is 5.91 Å². The Morgan fingerprint density at radius 2 is 1.76 bits per heavy atom. The Balaban J connectivity index is 2.08. The molecule has 0 radical (unpaired) electrons. The maximum Gasteiger partial charge on any atom is 0.270 e. The van der Waals surface area contributed by atoms with Crippen LogP contribution in [0, 0.1) is 6.92 Å². The molecule has 25 heavy (non-hydrogen) atoms. The molecule has 0 fully saturated rings. The van der Waals surface area contributed by atoms with Gasteiger partial charge in [0.05, 0.1) is 0 Å². The van der Waals surface area contributed by atoms with Crippen LogP contribution in [0.15, 0.2) is 30.3 Å². The van der Waals surface area contributed by atoms with Gasteiger partial charge in [-0.1, -0.05) is 0 Å². The molecule has 2 aromatic rings. The molecule has 0 saturated carbocycles. The summed E-state index contributed by atoms with van der Waals surface area (Å²) < 4.78 is 0. The topological polar surface area (TPSA) is 73.4 Å². The molecule has 0 aliphatic carbocycles. The lowest BCUT2D eigenvalue weighted by atomic mass is 10.2. The van der Waals surface area contributed by atoms with Gasteiger partial charge < -0.3 is 20.4 Å². The lowest BCUT2D eigenvalue weighted by molar-refractivity contribution is 0.0946. The van der Waals surface area contributed by atoms with E-state index in [-0.39, 0.29) is 5.91 Å². The van der Waals surface area contributed by atoms with Crippen LogP contribution in [0.5, 0.6) is 0 Å². The number of aryl methyl sites for hydroxylation is 1. The van der Waals surface area contributed by atoms with E-state index in [1.807, 2.05) is 69.2 Å². The Labute approximate surface area is 149 Å². The minimum atomic E-state index is -0.196. The van der Waals surface area contributed by atoms with Crippen LogP contribution in [0.4, 0.5) is 17.3 Å². The second kappa shape index (κ2) is 8.43. The summed E-state index contributed by atoms with van der Waals surface area (Å²) in [5, 5.41) is 6.02. The maximum atomic E-state index is 12.2. The number of aromatic nitrogens is 2. The summed E-state index contributed by atoms with van der Waals surface area (Å²) in [7, 11) is 7.91. The molecule has 0 atom stereocenters. The summed E-state index contributed by atoms with van der Waals surface area (Å²) in [5.41, 5.74) is 3.07. The van der Waals surface area contributed by atoms with Crippen LogP contribution in [0.2, 0.25) is 0 Å². The Morgan fingerprint density at radius 1 is 1.08 bits per heavy atom. The molecule has 7 nitrogen and oxygen atoms in total. The van der Waals surface area contributed by atoms with Crippen molar-refractivity contribution in [1.82, 2.24) is 20.2 Å². The van der Waals surface area contributed by atoms with Gasteiger partial charge in [-0.3, -0.25) is 4.79 Å². The molecule has 0 unspecified atom stereocenters. The highest BCUT2D eigenvalue weighted by molar-refractivity contribution is 5.92. The van der Waals surface area contributed by atoms with E-state index in [1.54, 1.807) is 6.07 Å². The first-order valence-electron chi connectivity index (χ1n) is 8.18. The van der Waals surface area contributed by atoms with Crippen LogP contribution in [-0.4, -0.2) is 62.1 Å². The highest BCUT2D eigenvalue weighted by Crippen LogP contribution is 2.18. The molecule has 2 N–H and O–H groups in total. The number of hydrogen-bond acceptors (Lipinski definition) is 6. The third kappa shape index (κ3) is 5.72. The number of nitrogens with one attached hydrogen (secondary N) is 2. The third-order valence-corrected chi connectivity index (χ3v) is 3.57. The number of benzene rings is 1. The fraction of sp³-hybridized carbons (Fsp3) is 0.389. The Bertz CT molecular complexity index is 712. The lowest BCUT2D eigenvalue weighted by Gasteiger charge is -2.13. The van der Waals surface area contributed by atoms with Crippen molar-refractivity contribution in [3.63, 3.8) is 0 Å². The number of rotatable bonds is 7. The second-order valence-corrected chi connectivity index (χ2v) is 6.34. The quantitative estimate of drug-likeness (QED) is 0.800. The van der Waals surface area contributed by atoms with Gasteiger partial charge >= 0.3 is 0 Å². The summed E-state index contributed by atoms with van der Waals surface area (Å²) in [6.07, 6.45) is 0. The standard InChI is InChI=1S/C18H26N6O/c1-13-12-16(17(25)19-10-11-23(2)3)22-18(20-13)21-14-6-8-15(9-7-14)24(4)5/h6-9,12H,10-11H2,1-5H3,(H,19,25)(H,20,21,22). The maximum absolute atomic E-state index is 12.2. The molecule has 0 bridgehead atoms. The summed E-state index contributed by atoms with van der Waals surface area (Å²) >= 11 is 0. The van der Waals surface area contributed by atoms with Crippen LogP contribution in [0.1, 0.15) is 16.2 Å². The van der Waals surface area contributed by atoms with E-state index in [9.17, 15) is 4.79 Å². The minimum absolute atomic E-state index is 0.196. The zero-order valence-corrected chi connectivity index (χ0v) is 15.5. The predicted octanol–water partition coefficient (Wildman–Crippen LogP) is 1.89. The monoisotopic (exact) mass is 342 g/mol. The second-order valence-electron chi connectivity index (χ2n) is 6.34.